The molecule has 2 rings (SSSR count). The Labute approximate surface area is 91.9 Å². The van der Waals surface area contributed by atoms with Crippen LogP contribution in [0.15, 0.2) is 18.2 Å². The van der Waals surface area contributed by atoms with Gasteiger partial charge in [0.2, 0.25) is 0 Å². The van der Waals surface area contributed by atoms with Crippen molar-refractivity contribution < 1.29 is 18.3 Å². The lowest BCUT2D eigenvalue weighted by Crippen LogP contribution is -2.27. The first-order valence-corrected chi connectivity index (χ1v) is 5.24. The van der Waals surface area contributed by atoms with E-state index < -0.39 is 17.3 Å². The molecular weight excluding hydrogens is 217 g/mol. The molecule has 0 bridgehead atoms. The number of alkyl halides is 3. The van der Waals surface area contributed by atoms with Crippen LogP contribution in [0.1, 0.15) is 36.5 Å². The molecule has 1 aromatic rings. The average molecular weight is 230 g/mol. The minimum absolute atomic E-state index is 0.425. The number of aliphatic hydroxyl groups is 1. The molecule has 0 radical (unpaired) electrons. The van der Waals surface area contributed by atoms with Crippen LogP contribution >= 0.6 is 0 Å². The van der Waals surface area contributed by atoms with Crippen LogP contribution in [-0.4, -0.2) is 5.11 Å². The van der Waals surface area contributed by atoms with E-state index in [9.17, 15) is 18.3 Å². The summed E-state index contributed by atoms with van der Waals surface area (Å²) in [5, 5.41) is 10.0. The molecule has 1 atom stereocenters. The predicted octanol–water partition coefficient (Wildman–Crippen LogP) is 3.25. The van der Waals surface area contributed by atoms with Crippen molar-refractivity contribution in [2.45, 2.75) is 38.0 Å². The maximum atomic E-state index is 12.5. The second-order valence-electron chi connectivity index (χ2n) is 4.50. The lowest BCUT2D eigenvalue weighted by molar-refractivity contribution is -0.137. The second-order valence-corrected chi connectivity index (χ2v) is 4.50. The van der Waals surface area contributed by atoms with Gasteiger partial charge in [-0.1, -0.05) is 6.07 Å². The van der Waals surface area contributed by atoms with Gasteiger partial charge in [0.1, 0.15) is 0 Å². The topological polar surface area (TPSA) is 20.2 Å². The Bertz CT molecular complexity index is 407. The van der Waals surface area contributed by atoms with E-state index in [1.54, 1.807) is 6.92 Å². The molecule has 1 aliphatic rings. The number of rotatable bonds is 0. The number of hydrogen-bond acceptors (Lipinski definition) is 1. The Hall–Kier alpha value is -1.03. The van der Waals surface area contributed by atoms with Crippen molar-refractivity contribution in [1.82, 2.24) is 0 Å². The SMILES string of the molecule is CC1(O)CCCc2ccc(C(F)(F)F)cc21. The summed E-state index contributed by atoms with van der Waals surface area (Å²) >= 11 is 0. The minimum Gasteiger partial charge on any atom is -0.385 e. The van der Waals surface area contributed by atoms with Crippen LogP contribution in [0, 0.1) is 0 Å². The average Bonchev–Trinajstić information content (AvgIpc) is 2.15. The molecule has 1 aliphatic carbocycles. The normalized spacial score (nSPS) is 25.3. The van der Waals surface area contributed by atoms with E-state index in [4.69, 9.17) is 0 Å². The first-order chi connectivity index (χ1) is 7.31. The molecule has 0 aromatic heterocycles. The molecule has 0 fully saturated rings. The van der Waals surface area contributed by atoms with Gasteiger partial charge in [-0.2, -0.15) is 13.2 Å². The molecule has 0 saturated heterocycles. The third-order valence-electron chi connectivity index (χ3n) is 3.13. The molecule has 0 spiro atoms. The van der Waals surface area contributed by atoms with E-state index in [-0.39, 0.29) is 0 Å². The molecule has 1 unspecified atom stereocenters. The largest absolute Gasteiger partial charge is 0.416 e. The standard InChI is InChI=1S/C12H13F3O/c1-11(16)6-2-3-8-4-5-9(7-10(8)11)12(13,14)15/h4-5,7,16H,2-3,6H2,1H3. The number of hydrogen-bond donors (Lipinski definition) is 1. The van der Waals surface area contributed by atoms with Crippen LogP contribution in [0.4, 0.5) is 13.2 Å². The van der Waals surface area contributed by atoms with Crippen molar-refractivity contribution in [2.24, 2.45) is 0 Å². The van der Waals surface area contributed by atoms with Crippen molar-refractivity contribution in [3.05, 3.63) is 34.9 Å². The number of aryl methyl sites for hydroxylation is 1. The molecule has 1 nitrogen and oxygen atoms in total. The van der Waals surface area contributed by atoms with E-state index in [0.717, 1.165) is 30.5 Å². The van der Waals surface area contributed by atoms with Gasteiger partial charge in [-0.25, -0.2) is 0 Å². The van der Waals surface area contributed by atoms with Crippen LogP contribution in [0.2, 0.25) is 0 Å². The maximum Gasteiger partial charge on any atom is 0.416 e. The van der Waals surface area contributed by atoms with Crippen molar-refractivity contribution in [3.8, 4) is 0 Å². The highest BCUT2D eigenvalue weighted by Gasteiger charge is 2.35. The summed E-state index contributed by atoms with van der Waals surface area (Å²) in [5.74, 6) is 0. The van der Waals surface area contributed by atoms with E-state index in [1.807, 2.05) is 0 Å². The quantitative estimate of drug-likeness (QED) is 0.725. The molecule has 0 amide bonds. The molecular formula is C12H13F3O. The first kappa shape index (κ1) is 11.5. The third-order valence-corrected chi connectivity index (χ3v) is 3.13. The number of benzene rings is 1. The van der Waals surface area contributed by atoms with Gasteiger partial charge in [-0.05, 0) is 49.4 Å². The van der Waals surface area contributed by atoms with Gasteiger partial charge in [-0.15, -0.1) is 0 Å². The molecule has 16 heavy (non-hydrogen) atoms. The molecule has 0 saturated carbocycles. The maximum absolute atomic E-state index is 12.5. The van der Waals surface area contributed by atoms with Gasteiger partial charge in [0, 0.05) is 0 Å². The van der Waals surface area contributed by atoms with Gasteiger partial charge in [0.05, 0.1) is 11.2 Å². The summed E-state index contributed by atoms with van der Waals surface area (Å²) in [4.78, 5) is 0. The van der Waals surface area contributed by atoms with E-state index in [2.05, 4.69) is 0 Å². The minimum atomic E-state index is -4.34. The summed E-state index contributed by atoms with van der Waals surface area (Å²) in [5.41, 5.74) is -0.569. The summed E-state index contributed by atoms with van der Waals surface area (Å²) < 4.78 is 37.6. The second kappa shape index (κ2) is 3.48. The van der Waals surface area contributed by atoms with Crippen LogP contribution in [-0.2, 0) is 18.2 Å². The highest BCUT2D eigenvalue weighted by atomic mass is 19.4. The highest BCUT2D eigenvalue weighted by Crippen LogP contribution is 2.38. The van der Waals surface area contributed by atoms with E-state index in [0.29, 0.717) is 12.0 Å². The van der Waals surface area contributed by atoms with Crippen LogP contribution in [0.25, 0.3) is 0 Å². The fraction of sp³-hybridized carbons (Fsp3) is 0.500. The van der Waals surface area contributed by atoms with Gasteiger partial charge < -0.3 is 5.11 Å². The summed E-state index contributed by atoms with van der Waals surface area (Å²) in [6, 6.07) is 3.64. The zero-order chi connectivity index (χ0) is 12.0. The Balaban J connectivity index is 2.52. The molecule has 0 aliphatic heterocycles. The zero-order valence-electron chi connectivity index (χ0n) is 8.93. The smallest absolute Gasteiger partial charge is 0.385 e. The fourth-order valence-electron chi connectivity index (χ4n) is 2.23. The summed E-state index contributed by atoms with van der Waals surface area (Å²) in [7, 11) is 0. The Morgan fingerprint density at radius 1 is 1.31 bits per heavy atom. The first-order valence-electron chi connectivity index (χ1n) is 5.24. The van der Waals surface area contributed by atoms with Crippen molar-refractivity contribution in [1.29, 1.82) is 0 Å². The zero-order valence-corrected chi connectivity index (χ0v) is 8.93. The molecule has 1 N–H and O–H groups in total. The van der Waals surface area contributed by atoms with Crippen LogP contribution in [0.3, 0.4) is 0 Å². The third kappa shape index (κ3) is 1.94. The van der Waals surface area contributed by atoms with Gasteiger partial charge in [0.15, 0.2) is 0 Å². The monoisotopic (exact) mass is 230 g/mol. The summed E-state index contributed by atoms with van der Waals surface area (Å²) in [6.07, 6.45) is -2.28. The van der Waals surface area contributed by atoms with Gasteiger partial charge in [-0.3, -0.25) is 0 Å². The fourth-order valence-corrected chi connectivity index (χ4v) is 2.23. The van der Waals surface area contributed by atoms with Crippen molar-refractivity contribution >= 4 is 0 Å². The van der Waals surface area contributed by atoms with E-state index in [1.165, 1.54) is 6.07 Å². The highest BCUT2D eigenvalue weighted by molar-refractivity contribution is 5.38. The lowest BCUT2D eigenvalue weighted by atomic mass is 9.79. The number of halogens is 3. The summed E-state index contributed by atoms with van der Waals surface area (Å²) in [6.45, 7) is 1.57. The Morgan fingerprint density at radius 2 is 2.00 bits per heavy atom. The lowest BCUT2D eigenvalue weighted by Gasteiger charge is -2.31. The van der Waals surface area contributed by atoms with Crippen molar-refractivity contribution in [2.75, 3.05) is 0 Å². The van der Waals surface area contributed by atoms with Crippen LogP contribution < -0.4 is 0 Å². The molecule has 1 aromatic carbocycles. The molecule has 4 heteroatoms. The van der Waals surface area contributed by atoms with Gasteiger partial charge in [0.25, 0.3) is 0 Å². The predicted molar refractivity (Wildman–Crippen MR) is 54.0 cm³/mol. The molecule has 0 heterocycles. The number of fused-ring (bicyclic) bond motifs is 1. The Kier molecular flexibility index (Phi) is 2.49. The Morgan fingerprint density at radius 3 is 2.62 bits per heavy atom. The van der Waals surface area contributed by atoms with Crippen LogP contribution in [0.5, 0.6) is 0 Å². The van der Waals surface area contributed by atoms with E-state index >= 15 is 0 Å². The van der Waals surface area contributed by atoms with Gasteiger partial charge >= 0.3 is 6.18 Å². The van der Waals surface area contributed by atoms with Crippen molar-refractivity contribution in [3.63, 3.8) is 0 Å². The molecule has 88 valence electrons.